The van der Waals surface area contributed by atoms with Crippen molar-refractivity contribution in [3.63, 3.8) is 0 Å². The molecule has 2 fully saturated rings. The van der Waals surface area contributed by atoms with Gasteiger partial charge in [-0.2, -0.15) is 4.31 Å². The van der Waals surface area contributed by atoms with Crippen LogP contribution in [0.5, 0.6) is 5.75 Å². The summed E-state index contributed by atoms with van der Waals surface area (Å²) < 4.78 is 33.8. The molecular weight excluding hydrogens is 506 g/mol. The van der Waals surface area contributed by atoms with E-state index in [1.54, 1.807) is 22.5 Å². The van der Waals surface area contributed by atoms with Gasteiger partial charge in [0.15, 0.2) is 0 Å². The number of carbonyl (C=O) groups is 2. The molecule has 1 unspecified atom stereocenters. The van der Waals surface area contributed by atoms with Gasteiger partial charge in [-0.1, -0.05) is 42.5 Å². The second-order valence-electron chi connectivity index (χ2n) is 9.55. The number of benzene rings is 3. The molecule has 3 atom stereocenters. The molecule has 0 saturated carbocycles. The standard InChI is InChI=1S/C28H29N3O6S/c1-37-23-11-13-24(14-12-23)38(35,36)31-25(27(32)29-34)17-22-15-16-30(18-26(22)31)28(33)21-9-7-20(8-10-21)19-5-3-2-4-6-19/h2-14,22,25-26,34H,15-18H2,1H3,(H,29,32)/t22?,25-,26-/m0/s1. The van der Waals surface area contributed by atoms with Crippen LogP contribution in [0.25, 0.3) is 11.1 Å². The highest BCUT2D eigenvalue weighted by Crippen LogP contribution is 2.40. The molecule has 0 aliphatic carbocycles. The Kier molecular flexibility index (Phi) is 7.20. The van der Waals surface area contributed by atoms with Crippen molar-refractivity contribution in [1.82, 2.24) is 14.7 Å². The van der Waals surface area contributed by atoms with Crippen LogP contribution in [-0.4, -0.2) is 66.9 Å². The first-order valence-electron chi connectivity index (χ1n) is 12.4. The lowest BCUT2D eigenvalue weighted by molar-refractivity contribution is -0.132. The fourth-order valence-corrected chi connectivity index (χ4v) is 7.32. The number of amides is 2. The summed E-state index contributed by atoms with van der Waals surface area (Å²) in [4.78, 5) is 27.6. The van der Waals surface area contributed by atoms with E-state index in [-0.39, 0.29) is 29.7 Å². The van der Waals surface area contributed by atoms with E-state index in [1.165, 1.54) is 35.7 Å². The molecule has 3 aromatic carbocycles. The predicted octanol–water partition coefficient (Wildman–Crippen LogP) is 3.16. The van der Waals surface area contributed by atoms with E-state index in [9.17, 15) is 23.2 Å². The van der Waals surface area contributed by atoms with E-state index in [0.717, 1.165) is 11.1 Å². The molecule has 5 rings (SSSR count). The third kappa shape index (κ3) is 4.78. The van der Waals surface area contributed by atoms with Gasteiger partial charge in [0.2, 0.25) is 10.0 Å². The maximum absolute atomic E-state index is 13.8. The Bertz CT molecular complexity index is 1410. The Morgan fingerprint density at radius 1 is 0.947 bits per heavy atom. The van der Waals surface area contributed by atoms with Crippen LogP contribution in [0.2, 0.25) is 0 Å². The van der Waals surface area contributed by atoms with E-state index in [1.807, 2.05) is 42.5 Å². The largest absolute Gasteiger partial charge is 0.497 e. The number of hydrogen-bond acceptors (Lipinski definition) is 6. The highest BCUT2D eigenvalue weighted by molar-refractivity contribution is 7.89. The van der Waals surface area contributed by atoms with E-state index in [4.69, 9.17) is 4.74 Å². The Hall–Kier alpha value is -3.73. The molecule has 10 heteroatoms. The Morgan fingerprint density at radius 2 is 1.61 bits per heavy atom. The lowest BCUT2D eigenvalue weighted by Crippen LogP contribution is -2.54. The number of rotatable bonds is 6. The second kappa shape index (κ2) is 10.6. The first-order valence-corrected chi connectivity index (χ1v) is 13.8. The average molecular weight is 536 g/mol. The first-order chi connectivity index (χ1) is 18.3. The van der Waals surface area contributed by atoms with Gasteiger partial charge in [0.25, 0.3) is 11.8 Å². The molecule has 0 spiro atoms. The summed E-state index contributed by atoms with van der Waals surface area (Å²) in [6, 6.07) is 21.4. The minimum Gasteiger partial charge on any atom is -0.497 e. The Morgan fingerprint density at radius 3 is 2.24 bits per heavy atom. The third-order valence-electron chi connectivity index (χ3n) is 7.46. The van der Waals surface area contributed by atoms with Crippen LogP contribution < -0.4 is 10.2 Å². The van der Waals surface area contributed by atoms with Crippen LogP contribution in [0, 0.1) is 5.92 Å². The van der Waals surface area contributed by atoms with Crippen molar-refractivity contribution in [3.8, 4) is 16.9 Å². The highest BCUT2D eigenvalue weighted by atomic mass is 32.2. The molecule has 0 aromatic heterocycles. The molecule has 2 aliphatic heterocycles. The summed E-state index contributed by atoms with van der Waals surface area (Å²) in [5, 5.41) is 9.34. The van der Waals surface area contributed by atoms with Gasteiger partial charge < -0.3 is 9.64 Å². The highest BCUT2D eigenvalue weighted by Gasteiger charge is 2.52. The van der Waals surface area contributed by atoms with Gasteiger partial charge in [-0.3, -0.25) is 14.8 Å². The van der Waals surface area contributed by atoms with Crippen molar-refractivity contribution in [2.45, 2.75) is 29.8 Å². The van der Waals surface area contributed by atoms with Gasteiger partial charge in [0.1, 0.15) is 11.8 Å². The minimum atomic E-state index is -4.12. The molecular formula is C28H29N3O6S. The quantitative estimate of drug-likeness (QED) is 0.370. The number of likely N-dealkylation sites (tertiary alicyclic amines) is 1. The molecule has 0 bridgehead atoms. The fourth-order valence-electron chi connectivity index (χ4n) is 5.48. The monoisotopic (exact) mass is 535 g/mol. The van der Waals surface area contributed by atoms with E-state index in [0.29, 0.717) is 24.3 Å². The SMILES string of the molecule is COc1ccc(S(=O)(=O)N2[C@H](C(=O)NO)CC3CCN(C(=O)c4ccc(-c5ccccc5)cc4)C[C@@H]32)cc1. The topological polar surface area (TPSA) is 116 Å². The number of hydrogen-bond donors (Lipinski definition) is 2. The number of piperidine rings is 1. The molecule has 38 heavy (non-hydrogen) atoms. The van der Waals surface area contributed by atoms with Crippen molar-refractivity contribution in [3.05, 3.63) is 84.4 Å². The predicted molar refractivity (Wildman–Crippen MR) is 140 cm³/mol. The number of methoxy groups -OCH3 is 1. The number of fused-ring (bicyclic) bond motifs is 1. The normalized spacial score (nSPS) is 21.5. The zero-order chi connectivity index (χ0) is 26.9. The summed E-state index contributed by atoms with van der Waals surface area (Å²) in [6.45, 7) is 0.596. The number of hydroxylamine groups is 1. The first kappa shape index (κ1) is 25.9. The molecule has 2 heterocycles. The number of nitrogens with zero attached hydrogens (tertiary/aromatic N) is 2. The van der Waals surface area contributed by atoms with Crippen LogP contribution >= 0.6 is 0 Å². The molecule has 9 nitrogen and oxygen atoms in total. The molecule has 2 saturated heterocycles. The maximum Gasteiger partial charge on any atom is 0.261 e. The summed E-state index contributed by atoms with van der Waals surface area (Å²) in [5.41, 5.74) is 4.17. The fraction of sp³-hybridized carbons (Fsp3) is 0.286. The van der Waals surface area contributed by atoms with E-state index in [2.05, 4.69) is 0 Å². The molecule has 2 amide bonds. The van der Waals surface area contributed by atoms with Crippen molar-refractivity contribution in [2.75, 3.05) is 20.2 Å². The lowest BCUT2D eigenvalue weighted by atomic mass is 9.91. The number of nitrogens with one attached hydrogen (secondary N) is 1. The molecule has 3 aromatic rings. The van der Waals surface area contributed by atoms with Crippen LogP contribution in [0.4, 0.5) is 0 Å². The summed E-state index contributed by atoms with van der Waals surface area (Å²) >= 11 is 0. The van der Waals surface area contributed by atoms with Gasteiger partial charge >= 0.3 is 0 Å². The van der Waals surface area contributed by atoms with Gasteiger partial charge in [0.05, 0.1) is 12.0 Å². The van der Waals surface area contributed by atoms with Gasteiger partial charge in [0, 0.05) is 24.7 Å². The Balaban J connectivity index is 1.41. The summed E-state index contributed by atoms with van der Waals surface area (Å²) in [7, 11) is -2.64. The number of ether oxygens (including phenoxy) is 1. The maximum atomic E-state index is 13.8. The number of sulfonamides is 1. The van der Waals surface area contributed by atoms with Gasteiger partial charge in [-0.15, -0.1) is 0 Å². The van der Waals surface area contributed by atoms with Crippen LogP contribution in [0.3, 0.4) is 0 Å². The molecule has 198 valence electrons. The van der Waals surface area contributed by atoms with Crippen molar-refractivity contribution in [1.29, 1.82) is 0 Å². The van der Waals surface area contributed by atoms with Crippen LogP contribution in [0.1, 0.15) is 23.2 Å². The van der Waals surface area contributed by atoms with E-state index >= 15 is 0 Å². The second-order valence-corrected chi connectivity index (χ2v) is 11.4. The smallest absolute Gasteiger partial charge is 0.261 e. The van der Waals surface area contributed by atoms with Gasteiger partial charge in [-0.25, -0.2) is 13.9 Å². The third-order valence-corrected chi connectivity index (χ3v) is 9.40. The minimum absolute atomic E-state index is 0.00893. The molecule has 2 aliphatic rings. The number of carbonyl (C=O) groups excluding carboxylic acids is 2. The summed E-state index contributed by atoms with van der Waals surface area (Å²) in [6.07, 6.45) is 0.808. The van der Waals surface area contributed by atoms with Crippen molar-refractivity contribution < 1.29 is 28.0 Å². The summed E-state index contributed by atoms with van der Waals surface area (Å²) in [5.74, 6) is -0.610. The van der Waals surface area contributed by atoms with Gasteiger partial charge in [-0.05, 0) is 66.3 Å². The van der Waals surface area contributed by atoms with E-state index < -0.39 is 28.0 Å². The van der Waals surface area contributed by atoms with Crippen LogP contribution in [-0.2, 0) is 14.8 Å². The molecule has 0 radical (unpaired) electrons. The molecule has 2 N–H and O–H groups in total. The Labute approximate surface area is 221 Å². The average Bonchev–Trinajstić information content (AvgIpc) is 3.37. The zero-order valence-electron chi connectivity index (χ0n) is 20.9. The van der Waals surface area contributed by atoms with Crippen molar-refractivity contribution >= 4 is 21.8 Å². The van der Waals surface area contributed by atoms with Crippen molar-refractivity contribution in [2.24, 2.45) is 5.92 Å². The zero-order valence-corrected chi connectivity index (χ0v) is 21.7. The van der Waals surface area contributed by atoms with Crippen LogP contribution in [0.15, 0.2) is 83.8 Å². The lowest BCUT2D eigenvalue weighted by Gasteiger charge is -2.38.